The van der Waals surface area contributed by atoms with Gasteiger partial charge in [0.15, 0.2) is 0 Å². The third-order valence-corrected chi connectivity index (χ3v) is 5.36. The lowest BCUT2D eigenvalue weighted by Gasteiger charge is -2.35. The lowest BCUT2D eigenvalue weighted by atomic mass is 10.1. The number of benzene rings is 2. The number of carbonyl (C=O) groups is 2. The van der Waals surface area contributed by atoms with Gasteiger partial charge in [0.1, 0.15) is 0 Å². The van der Waals surface area contributed by atoms with Gasteiger partial charge in [0.05, 0.1) is 0 Å². The van der Waals surface area contributed by atoms with Crippen molar-refractivity contribution in [1.29, 1.82) is 0 Å². The third kappa shape index (κ3) is 4.47. The molecule has 2 amide bonds. The maximum absolute atomic E-state index is 12.7. The van der Waals surface area contributed by atoms with E-state index in [1.54, 1.807) is 11.8 Å². The smallest absolute Gasteiger partial charge is 0.253 e. The van der Waals surface area contributed by atoms with E-state index in [0.717, 1.165) is 0 Å². The number of hydrogen-bond acceptors (Lipinski definition) is 3. The first kappa shape index (κ1) is 18.5. The highest BCUT2D eigenvalue weighted by Crippen LogP contribution is 2.23. The molecule has 0 aromatic heterocycles. The van der Waals surface area contributed by atoms with E-state index in [9.17, 15) is 9.59 Å². The zero-order chi connectivity index (χ0) is 18.5. The average molecular weight is 369 g/mol. The number of rotatable bonds is 4. The number of hydrogen-bond donors (Lipinski definition) is 0. The third-order valence-electron chi connectivity index (χ3n) is 4.35. The van der Waals surface area contributed by atoms with E-state index in [2.05, 4.69) is 13.8 Å². The number of piperazine rings is 1. The minimum Gasteiger partial charge on any atom is -0.335 e. The predicted molar refractivity (Wildman–Crippen MR) is 106 cm³/mol. The van der Waals surface area contributed by atoms with Gasteiger partial charge in [-0.15, -0.1) is 11.8 Å². The van der Waals surface area contributed by atoms with Crippen molar-refractivity contribution < 1.29 is 9.59 Å². The molecule has 5 heteroatoms. The molecule has 1 saturated heterocycles. The molecule has 0 unspecified atom stereocenters. The van der Waals surface area contributed by atoms with Gasteiger partial charge in [-0.1, -0.05) is 32.0 Å². The minimum atomic E-state index is 0.0350. The van der Waals surface area contributed by atoms with Gasteiger partial charge in [-0.3, -0.25) is 9.59 Å². The molecule has 26 heavy (non-hydrogen) atoms. The lowest BCUT2D eigenvalue weighted by molar-refractivity contribution is 0.0535. The Morgan fingerprint density at radius 1 is 0.769 bits per heavy atom. The molecule has 0 spiro atoms. The predicted octanol–water partition coefficient (Wildman–Crippen LogP) is 3.79. The van der Waals surface area contributed by atoms with Crippen molar-refractivity contribution in [3.63, 3.8) is 0 Å². The molecule has 0 aliphatic carbocycles. The van der Waals surface area contributed by atoms with Crippen LogP contribution in [-0.2, 0) is 0 Å². The molecular formula is C21H24N2O2S. The van der Waals surface area contributed by atoms with Crippen molar-refractivity contribution in [2.24, 2.45) is 0 Å². The molecule has 0 bridgehead atoms. The van der Waals surface area contributed by atoms with Crippen LogP contribution < -0.4 is 0 Å². The topological polar surface area (TPSA) is 40.6 Å². The second kappa shape index (κ2) is 8.41. The molecule has 1 heterocycles. The van der Waals surface area contributed by atoms with Gasteiger partial charge in [-0.05, 0) is 36.4 Å². The molecule has 2 aromatic rings. The molecule has 1 aliphatic heterocycles. The first-order valence-electron chi connectivity index (χ1n) is 8.95. The molecule has 0 N–H and O–H groups in total. The first-order valence-corrected chi connectivity index (χ1v) is 9.83. The number of nitrogens with zero attached hydrogens (tertiary/aromatic N) is 2. The molecule has 0 atom stereocenters. The molecular weight excluding hydrogens is 344 g/mol. The van der Waals surface area contributed by atoms with E-state index in [-0.39, 0.29) is 11.8 Å². The van der Waals surface area contributed by atoms with Crippen LogP contribution in [0.1, 0.15) is 34.6 Å². The monoisotopic (exact) mass is 368 g/mol. The van der Waals surface area contributed by atoms with E-state index < -0.39 is 0 Å². The van der Waals surface area contributed by atoms with Crippen LogP contribution in [0.2, 0.25) is 0 Å². The average Bonchev–Trinajstić information content (AvgIpc) is 2.68. The summed E-state index contributed by atoms with van der Waals surface area (Å²) >= 11 is 1.79. The fourth-order valence-corrected chi connectivity index (χ4v) is 3.84. The van der Waals surface area contributed by atoms with Crippen LogP contribution in [0.4, 0.5) is 0 Å². The van der Waals surface area contributed by atoms with Gasteiger partial charge in [-0.2, -0.15) is 0 Å². The quantitative estimate of drug-likeness (QED) is 0.771. The van der Waals surface area contributed by atoms with Crippen LogP contribution >= 0.6 is 11.8 Å². The van der Waals surface area contributed by atoms with Gasteiger partial charge in [0.2, 0.25) is 0 Å². The van der Waals surface area contributed by atoms with Crippen molar-refractivity contribution >= 4 is 23.6 Å². The Hall–Kier alpha value is -2.27. The minimum absolute atomic E-state index is 0.0350. The van der Waals surface area contributed by atoms with Crippen LogP contribution in [0.15, 0.2) is 59.5 Å². The Morgan fingerprint density at radius 2 is 1.23 bits per heavy atom. The van der Waals surface area contributed by atoms with Crippen LogP contribution in [0.5, 0.6) is 0 Å². The summed E-state index contributed by atoms with van der Waals surface area (Å²) in [5.74, 6) is 0.0747. The summed E-state index contributed by atoms with van der Waals surface area (Å²) in [6.45, 7) is 6.58. The summed E-state index contributed by atoms with van der Waals surface area (Å²) in [5, 5.41) is 0.520. The fraction of sp³-hybridized carbons (Fsp3) is 0.333. The first-order chi connectivity index (χ1) is 12.5. The Bertz CT molecular complexity index is 751. The fourth-order valence-electron chi connectivity index (χ4n) is 3.01. The number of carbonyl (C=O) groups excluding carboxylic acids is 2. The van der Waals surface area contributed by atoms with Crippen LogP contribution in [0.3, 0.4) is 0 Å². The zero-order valence-corrected chi connectivity index (χ0v) is 16.0. The SMILES string of the molecule is CC(C)Sc1ccc(C(=O)N2CCN(C(=O)c3ccccc3)CC2)cc1. The van der Waals surface area contributed by atoms with Crippen molar-refractivity contribution in [3.05, 3.63) is 65.7 Å². The largest absolute Gasteiger partial charge is 0.335 e. The summed E-state index contributed by atoms with van der Waals surface area (Å²) in [6.07, 6.45) is 0. The Morgan fingerprint density at radius 3 is 1.69 bits per heavy atom. The summed E-state index contributed by atoms with van der Waals surface area (Å²) in [4.78, 5) is 30.0. The number of thioether (sulfide) groups is 1. The van der Waals surface area contributed by atoms with E-state index in [1.165, 1.54) is 4.90 Å². The lowest BCUT2D eigenvalue weighted by Crippen LogP contribution is -2.50. The van der Waals surface area contributed by atoms with Gasteiger partial charge in [0, 0.05) is 47.5 Å². The molecule has 2 aromatic carbocycles. The molecule has 4 nitrogen and oxygen atoms in total. The summed E-state index contributed by atoms with van der Waals surface area (Å²) in [7, 11) is 0. The van der Waals surface area contributed by atoms with Crippen molar-refractivity contribution in [2.75, 3.05) is 26.2 Å². The molecule has 1 fully saturated rings. The molecule has 1 aliphatic rings. The second-order valence-electron chi connectivity index (χ2n) is 6.64. The highest BCUT2D eigenvalue weighted by molar-refractivity contribution is 7.99. The Kier molecular flexibility index (Phi) is 5.99. The maximum Gasteiger partial charge on any atom is 0.253 e. The summed E-state index contributed by atoms with van der Waals surface area (Å²) < 4.78 is 0. The van der Waals surface area contributed by atoms with E-state index in [0.29, 0.717) is 42.6 Å². The molecule has 0 radical (unpaired) electrons. The molecule has 0 saturated carbocycles. The number of amides is 2. The highest BCUT2D eigenvalue weighted by Gasteiger charge is 2.25. The second-order valence-corrected chi connectivity index (χ2v) is 8.29. The van der Waals surface area contributed by atoms with Gasteiger partial charge < -0.3 is 9.80 Å². The van der Waals surface area contributed by atoms with E-state index >= 15 is 0 Å². The normalized spacial score (nSPS) is 14.6. The van der Waals surface area contributed by atoms with E-state index in [1.807, 2.05) is 64.4 Å². The Labute approximate surface area is 159 Å². The van der Waals surface area contributed by atoms with Crippen LogP contribution in [-0.4, -0.2) is 53.0 Å². The summed E-state index contributed by atoms with van der Waals surface area (Å²) in [6, 6.07) is 17.1. The Balaban J connectivity index is 1.57. The highest BCUT2D eigenvalue weighted by atomic mass is 32.2. The molecule has 136 valence electrons. The standard InChI is InChI=1S/C21H24N2O2S/c1-16(2)26-19-10-8-18(9-11-19)21(25)23-14-12-22(13-15-23)20(24)17-6-4-3-5-7-17/h3-11,16H,12-15H2,1-2H3. The summed E-state index contributed by atoms with van der Waals surface area (Å²) in [5.41, 5.74) is 1.41. The van der Waals surface area contributed by atoms with Crippen LogP contribution in [0, 0.1) is 0 Å². The van der Waals surface area contributed by atoms with Crippen LogP contribution in [0.25, 0.3) is 0 Å². The molecule has 3 rings (SSSR count). The zero-order valence-electron chi connectivity index (χ0n) is 15.2. The van der Waals surface area contributed by atoms with Crippen molar-refractivity contribution in [3.8, 4) is 0 Å². The van der Waals surface area contributed by atoms with Gasteiger partial charge in [-0.25, -0.2) is 0 Å². The van der Waals surface area contributed by atoms with Gasteiger partial charge >= 0.3 is 0 Å². The van der Waals surface area contributed by atoms with E-state index in [4.69, 9.17) is 0 Å². The van der Waals surface area contributed by atoms with Crippen molar-refractivity contribution in [2.45, 2.75) is 24.0 Å². The maximum atomic E-state index is 12.7. The van der Waals surface area contributed by atoms with Crippen molar-refractivity contribution in [1.82, 2.24) is 9.80 Å². The van der Waals surface area contributed by atoms with Gasteiger partial charge in [0.25, 0.3) is 11.8 Å².